The van der Waals surface area contributed by atoms with Crippen molar-refractivity contribution in [1.82, 2.24) is 24.0 Å². The van der Waals surface area contributed by atoms with Crippen LogP contribution in [-0.2, 0) is 29.2 Å². The van der Waals surface area contributed by atoms with Gasteiger partial charge in [0.1, 0.15) is 6.54 Å². The molecule has 9 heteroatoms. The lowest BCUT2D eigenvalue weighted by Crippen LogP contribution is -2.44. The number of aromatic nitrogens is 4. The minimum atomic E-state index is -0.574. The van der Waals surface area contributed by atoms with E-state index in [2.05, 4.69) is 10.3 Å². The number of hydrogen-bond acceptors (Lipinski definition) is 5. The number of fused-ring (bicyclic) bond motifs is 1. The van der Waals surface area contributed by atoms with E-state index in [1.165, 1.54) is 10.9 Å². The molecule has 2 heterocycles. The summed E-state index contributed by atoms with van der Waals surface area (Å²) < 4.78 is 9.23. The molecule has 0 aliphatic carbocycles. The normalized spacial score (nSPS) is 12.1. The highest BCUT2D eigenvalue weighted by molar-refractivity contribution is 5.76. The van der Waals surface area contributed by atoms with Crippen molar-refractivity contribution >= 4 is 17.1 Å². The SMILES string of the molecule is COCCn1cnc2c1c(=O)n(CC(=O)NCC(C)c1ccccc1)c(=O)n2Cc1ccccc1. The molecule has 0 fully saturated rings. The molecule has 0 aliphatic heterocycles. The van der Waals surface area contributed by atoms with Gasteiger partial charge in [0.2, 0.25) is 5.91 Å². The van der Waals surface area contributed by atoms with E-state index in [1.807, 2.05) is 67.6 Å². The van der Waals surface area contributed by atoms with Crippen LogP contribution in [0.5, 0.6) is 0 Å². The Morgan fingerprint density at radius 2 is 1.71 bits per heavy atom. The minimum absolute atomic E-state index is 0.0876. The molecule has 2 aromatic carbocycles. The first-order chi connectivity index (χ1) is 17.0. The number of nitrogens with one attached hydrogen (secondary N) is 1. The smallest absolute Gasteiger partial charge is 0.333 e. The topological polar surface area (TPSA) is 100 Å². The Labute approximate surface area is 202 Å². The fourth-order valence-electron chi connectivity index (χ4n) is 4.01. The van der Waals surface area contributed by atoms with E-state index < -0.39 is 17.2 Å². The second kappa shape index (κ2) is 11.0. The number of hydrogen-bond donors (Lipinski definition) is 1. The third-order valence-electron chi connectivity index (χ3n) is 5.98. The number of carbonyl (C=O) groups is 1. The number of ether oxygens (including phenoxy) is 1. The predicted octanol–water partition coefficient (Wildman–Crippen LogP) is 1.97. The average Bonchev–Trinajstić information content (AvgIpc) is 3.31. The van der Waals surface area contributed by atoms with E-state index in [-0.39, 0.29) is 30.2 Å². The third kappa shape index (κ3) is 5.41. The van der Waals surface area contributed by atoms with Crippen LogP contribution in [0, 0.1) is 0 Å². The largest absolute Gasteiger partial charge is 0.383 e. The van der Waals surface area contributed by atoms with Crippen molar-refractivity contribution in [3.05, 3.63) is 99.0 Å². The van der Waals surface area contributed by atoms with Crippen LogP contribution in [0.3, 0.4) is 0 Å². The third-order valence-corrected chi connectivity index (χ3v) is 5.98. The first kappa shape index (κ1) is 24.2. The first-order valence-corrected chi connectivity index (χ1v) is 11.5. The minimum Gasteiger partial charge on any atom is -0.383 e. The second-order valence-corrected chi connectivity index (χ2v) is 8.46. The summed E-state index contributed by atoms with van der Waals surface area (Å²) in [6.45, 7) is 3.02. The summed E-state index contributed by atoms with van der Waals surface area (Å²) >= 11 is 0. The number of imidazole rings is 1. The molecule has 0 saturated heterocycles. The van der Waals surface area contributed by atoms with Gasteiger partial charge in [-0.3, -0.25) is 14.2 Å². The van der Waals surface area contributed by atoms with Crippen molar-refractivity contribution in [2.45, 2.75) is 32.5 Å². The quantitative estimate of drug-likeness (QED) is 0.378. The number of rotatable bonds is 10. The zero-order chi connectivity index (χ0) is 24.8. The van der Waals surface area contributed by atoms with Crippen LogP contribution in [0.1, 0.15) is 24.0 Å². The van der Waals surface area contributed by atoms with Crippen LogP contribution in [0.2, 0.25) is 0 Å². The first-order valence-electron chi connectivity index (χ1n) is 11.5. The monoisotopic (exact) mass is 475 g/mol. The van der Waals surface area contributed by atoms with Crippen molar-refractivity contribution in [2.24, 2.45) is 0 Å². The van der Waals surface area contributed by atoms with Crippen LogP contribution in [0.15, 0.2) is 76.6 Å². The van der Waals surface area contributed by atoms with Gasteiger partial charge in [0.15, 0.2) is 11.2 Å². The second-order valence-electron chi connectivity index (χ2n) is 8.46. The van der Waals surface area contributed by atoms with Crippen molar-refractivity contribution in [3.8, 4) is 0 Å². The van der Waals surface area contributed by atoms with Gasteiger partial charge in [0.25, 0.3) is 5.56 Å². The molecular formula is C26H29N5O4. The van der Waals surface area contributed by atoms with Crippen LogP contribution >= 0.6 is 0 Å². The van der Waals surface area contributed by atoms with E-state index in [0.29, 0.717) is 19.7 Å². The fraction of sp³-hybridized carbons (Fsp3) is 0.308. The summed E-state index contributed by atoms with van der Waals surface area (Å²) in [6, 6.07) is 19.3. The molecule has 0 spiro atoms. The highest BCUT2D eigenvalue weighted by Crippen LogP contribution is 2.13. The highest BCUT2D eigenvalue weighted by atomic mass is 16.5. The molecule has 9 nitrogen and oxygen atoms in total. The number of benzene rings is 2. The van der Waals surface area contributed by atoms with Crippen LogP contribution < -0.4 is 16.6 Å². The molecule has 1 atom stereocenters. The Hall–Kier alpha value is -3.98. The fourth-order valence-corrected chi connectivity index (χ4v) is 4.01. The Bertz CT molecular complexity index is 1410. The lowest BCUT2D eigenvalue weighted by molar-refractivity contribution is -0.121. The van der Waals surface area contributed by atoms with Crippen LogP contribution in [0.4, 0.5) is 0 Å². The summed E-state index contributed by atoms with van der Waals surface area (Å²) in [5.41, 5.74) is 1.41. The number of amides is 1. The van der Waals surface area contributed by atoms with E-state index in [9.17, 15) is 14.4 Å². The molecule has 1 unspecified atom stereocenters. The molecule has 35 heavy (non-hydrogen) atoms. The standard InChI is InChI=1S/C26H29N5O4/c1-19(21-11-7-4-8-12-21)15-27-22(32)17-31-25(33)23-24(28-18-29(23)13-14-35-2)30(26(31)34)16-20-9-5-3-6-10-20/h3-12,18-19H,13-17H2,1-2H3,(H,27,32). The van der Waals surface area contributed by atoms with Crippen molar-refractivity contribution < 1.29 is 9.53 Å². The molecule has 0 bridgehead atoms. The molecule has 4 rings (SSSR count). The van der Waals surface area contributed by atoms with Crippen molar-refractivity contribution in [2.75, 3.05) is 20.3 Å². The van der Waals surface area contributed by atoms with Gasteiger partial charge in [0.05, 0.1) is 19.5 Å². The highest BCUT2D eigenvalue weighted by Gasteiger charge is 2.20. The zero-order valence-corrected chi connectivity index (χ0v) is 19.9. The Kier molecular flexibility index (Phi) is 7.57. The number of methoxy groups -OCH3 is 1. The molecule has 0 radical (unpaired) electrons. The lowest BCUT2D eigenvalue weighted by Gasteiger charge is -2.15. The van der Waals surface area contributed by atoms with E-state index in [0.717, 1.165) is 15.7 Å². The van der Waals surface area contributed by atoms with Crippen LogP contribution in [-0.4, -0.2) is 44.9 Å². The van der Waals surface area contributed by atoms with Gasteiger partial charge in [0, 0.05) is 20.2 Å². The van der Waals surface area contributed by atoms with Gasteiger partial charge < -0.3 is 14.6 Å². The Balaban J connectivity index is 1.66. The summed E-state index contributed by atoms with van der Waals surface area (Å²) in [5, 5.41) is 2.85. The molecule has 1 N–H and O–H groups in total. The van der Waals surface area contributed by atoms with Gasteiger partial charge in [-0.15, -0.1) is 0 Å². The summed E-state index contributed by atoms with van der Waals surface area (Å²) in [7, 11) is 1.57. The predicted molar refractivity (Wildman–Crippen MR) is 134 cm³/mol. The Morgan fingerprint density at radius 3 is 2.40 bits per heavy atom. The van der Waals surface area contributed by atoms with E-state index in [1.54, 1.807) is 11.7 Å². The van der Waals surface area contributed by atoms with Crippen molar-refractivity contribution in [3.63, 3.8) is 0 Å². The number of nitrogens with zero attached hydrogens (tertiary/aromatic N) is 4. The van der Waals surface area contributed by atoms with E-state index in [4.69, 9.17) is 4.74 Å². The van der Waals surface area contributed by atoms with Gasteiger partial charge in [-0.25, -0.2) is 14.3 Å². The zero-order valence-electron chi connectivity index (χ0n) is 19.9. The van der Waals surface area contributed by atoms with Gasteiger partial charge in [-0.1, -0.05) is 67.6 Å². The maximum Gasteiger partial charge on any atom is 0.333 e. The molecule has 2 aromatic heterocycles. The summed E-state index contributed by atoms with van der Waals surface area (Å²) in [5.74, 6) is -0.315. The molecule has 0 saturated carbocycles. The molecule has 182 valence electrons. The average molecular weight is 476 g/mol. The van der Waals surface area contributed by atoms with Gasteiger partial charge in [-0.2, -0.15) is 0 Å². The maximum atomic E-state index is 13.4. The summed E-state index contributed by atoms with van der Waals surface area (Å²) in [6.07, 6.45) is 1.53. The van der Waals surface area contributed by atoms with Crippen molar-refractivity contribution in [1.29, 1.82) is 0 Å². The number of carbonyl (C=O) groups excluding carboxylic acids is 1. The maximum absolute atomic E-state index is 13.4. The Morgan fingerprint density at radius 1 is 1.03 bits per heavy atom. The van der Waals surface area contributed by atoms with Crippen LogP contribution in [0.25, 0.3) is 11.2 Å². The lowest BCUT2D eigenvalue weighted by atomic mass is 10.0. The van der Waals surface area contributed by atoms with Gasteiger partial charge >= 0.3 is 5.69 Å². The molecular weight excluding hydrogens is 446 g/mol. The summed E-state index contributed by atoms with van der Waals surface area (Å²) in [4.78, 5) is 43.9. The molecule has 4 aromatic rings. The van der Waals surface area contributed by atoms with E-state index >= 15 is 0 Å². The molecule has 1 amide bonds. The molecule has 0 aliphatic rings. The van der Waals surface area contributed by atoms with Gasteiger partial charge in [-0.05, 0) is 17.0 Å².